The highest BCUT2D eigenvalue weighted by Crippen LogP contribution is 2.15. The van der Waals surface area contributed by atoms with Crippen LogP contribution >= 0.6 is 0 Å². The van der Waals surface area contributed by atoms with Crippen LogP contribution in [0.3, 0.4) is 0 Å². The summed E-state index contributed by atoms with van der Waals surface area (Å²) in [5.41, 5.74) is 0. The van der Waals surface area contributed by atoms with Gasteiger partial charge in [0.2, 0.25) is 0 Å². The third-order valence-electron chi connectivity index (χ3n) is 1.73. The number of hydrogen-bond acceptors (Lipinski definition) is 0. The largest absolute Gasteiger partial charge is 0.409 e. The molecule has 1 aliphatic carbocycles. The lowest BCUT2D eigenvalue weighted by molar-refractivity contribution is -0.0795. The minimum absolute atomic E-state index is 0.0625. The van der Waals surface area contributed by atoms with Gasteiger partial charge in [-0.2, -0.15) is 13.2 Å². The van der Waals surface area contributed by atoms with E-state index < -0.39 is 6.18 Å². The summed E-state index contributed by atoms with van der Waals surface area (Å²) in [6.45, 7) is 2.51. The molecule has 1 aliphatic rings. The molecule has 0 N–H and O–H groups in total. The number of alkyl halides is 3. The molecule has 0 aromatic heterocycles. The molecule has 0 spiro atoms. The summed E-state index contributed by atoms with van der Waals surface area (Å²) in [5, 5.41) is 0. The van der Waals surface area contributed by atoms with E-state index in [1.807, 2.05) is 0 Å². The fourth-order valence-electron chi connectivity index (χ4n) is 1.06. The van der Waals surface area contributed by atoms with E-state index in [0.29, 0.717) is 0 Å². The molecule has 0 unspecified atom stereocenters. The molecule has 0 heterocycles. The highest BCUT2D eigenvalue weighted by Gasteiger charge is 2.19. The van der Waals surface area contributed by atoms with Gasteiger partial charge in [0.1, 0.15) is 0 Å². The summed E-state index contributed by atoms with van der Waals surface area (Å²) in [4.78, 5) is 0. The zero-order valence-corrected chi connectivity index (χ0v) is 7.16. The Balaban J connectivity index is 0.000000202. The van der Waals surface area contributed by atoms with Crippen LogP contribution in [-0.2, 0) is 0 Å². The molecule has 0 atom stereocenters. The molecule has 0 saturated heterocycles. The first-order valence-corrected chi connectivity index (χ1v) is 4.26. The molecular formula is C9H15F3. The molecule has 12 heavy (non-hydrogen) atoms. The second-order valence-electron chi connectivity index (χ2n) is 2.87. The van der Waals surface area contributed by atoms with E-state index in [-0.39, 0.29) is 6.08 Å². The lowest BCUT2D eigenvalue weighted by Crippen LogP contribution is -1.98. The van der Waals surface area contributed by atoms with E-state index in [2.05, 4.69) is 6.58 Å². The first-order chi connectivity index (χ1) is 5.56. The van der Waals surface area contributed by atoms with Crippen molar-refractivity contribution in [2.45, 2.75) is 44.7 Å². The van der Waals surface area contributed by atoms with Crippen molar-refractivity contribution in [2.75, 3.05) is 0 Å². The molecule has 1 fully saturated rings. The van der Waals surface area contributed by atoms with Gasteiger partial charge in [-0.15, -0.1) is 0 Å². The van der Waals surface area contributed by atoms with Gasteiger partial charge in [-0.1, -0.05) is 45.1 Å². The lowest BCUT2D eigenvalue weighted by atomic mass is 10.0. The normalized spacial score (nSPS) is 17.6. The summed E-state index contributed by atoms with van der Waals surface area (Å²) < 4.78 is 32.0. The van der Waals surface area contributed by atoms with Crippen LogP contribution in [-0.4, -0.2) is 6.18 Å². The van der Waals surface area contributed by atoms with E-state index in [1.165, 1.54) is 38.5 Å². The molecule has 0 aromatic rings. The Hall–Kier alpha value is -0.470. The predicted molar refractivity (Wildman–Crippen MR) is 44.0 cm³/mol. The van der Waals surface area contributed by atoms with E-state index in [9.17, 15) is 13.2 Å². The van der Waals surface area contributed by atoms with Crippen molar-refractivity contribution in [1.82, 2.24) is 0 Å². The number of hydrogen-bond donors (Lipinski definition) is 0. The Bertz CT molecular complexity index is 99.9. The van der Waals surface area contributed by atoms with E-state index >= 15 is 0 Å². The van der Waals surface area contributed by atoms with Gasteiger partial charge in [-0.25, -0.2) is 0 Å². The quantitative estimate of drug-likeness (QED) is 0.493. The first kappa shape index (κ1) is 11.5. The summed E-state index contributed by atoms with van der Waals surface area (Å²) in [6.07, 6.45) is 4.74. The Morgan fingerprint density at radius 1 is 0.833 bits per heavy atom. The number of allylic oxidation sites excluding steroid dienone is 1. The molecule has 0 radical (unpaired) electrons. The SMILES string of the molecule is C1CCCCC1.C=CC(F)(F)F. The van der Waals surface area contributed by atoms with Crippen LogP contribution < -0.4 is 0 Å². The minimum Gasteiger partial charge on any atom is -0.167 e. The molecule has 1 rings (SSSR count). The molecule has 0 nitrogen and oxygen atoms in total. The molecule has 0 aromatic carbocycles. The van der Waals surface area contributed by atoms with Crippen molar-refractivity contribution < 1.29 is 13.2 Å². The maximum atomic E-state index is 10.7. The van der Waals surface area contributed by atoms with Gasteiger partial charge in [0.15, 0.2) is 0 Å². The van der Waals surface area contributed by atoms with Crippen molar-refractivity contribution in [3.05, 3.63) is 12.7 Å². The average Bonchev–Trinajstić information content (AvgIpc) is 2.07. The zero-order chi connectivity index (χ0) is 9.45. The van der Waals surface area contributed by atoms with Crippen LogP contribution in [0.2, 0.25) is 0 Å². The van der Waals surface area contributed by atoms with Crippen LogP contribution in [0.15, 0.2) is 12.7 Å². The zero-order valence-electron chi connectivity index (χ0n) is 7.16. The van der Waals surface area contributed by atoms with Crippen molar-refractivity contribution in [3.63, 3.8) is 0 Å². The van der Waals surface area contributed by atoms with Gasteiger partial charge in [0.25, 0.3) is 0 Å². The summed E-state index contributed by atoms with van der Waals surface area (Å²) in [7, 11) is 0. The van der Waals surface area contributed by atoms with Gasteiger partial charge in [-0.05, 0) is 0 Å². The van der Waals surface area contributed by atoms with Crippen molar-refractivity contribution >= 4 is 0 Å². The fourth-order valence-corrected chi connectivity index (χ4v) is 1.06. The third-order valence-corrected chi connectivity index (χ3v) is 1.73. The van der Waals surface area contributed by atoms with Crippen molar-refractivity contribution in [2.24, 2.45) is 0 Å². The first-order valence-electron chi connectivity index (χ1n) is 4.26. The minimum atomic E-state index is -4.19. The van der Waals surface area contributed by atoms with Gasteiger partial charge in [-0.3, -0.25) is 0 Å². The van der Waals surface area contributed by atoms with E-state index in [1.54, 1.807) is 0 Å². The predicted octanol–water partition coefficient (Wildman–Crippen LogP) is 4.08. The third kappa shape index (κ3) is 9.53. The highest BCUT2D eigenvalue weighted by molar-refractivity contribution is 4.75. The molecule has 3 heteroatoms. The smallest absolute Gasteiger partial charge is 0.167 e. The number of halogens is 3. The standard InChI is InChI=1S/C6H12.C3H3F3/c1-2-4-6-5-3-1;1-2-3(4,5)6/h1-6H2;2H,1H2. The van der Waals surface area contributed by atoms with Crippen molar-refractivity contribution in [1.29, 1.82) is 0 Å². The van der Waals surface area contributed by atoms with Crippen LogP contribution in [0.5, 0.6) is 0 Å². The Kier molecular flexibility index (Phi) is 5.85. The van der Waals surface area contributed by atoms with Gasteiger partial charge < -0.3 is 0 Å². The number of rotatable bonds is 0. The molecule has 0 bridgehead atoms. The van der Waals surface area contributed by atoms with Crippen LogP contribution in [0.4, 0.5) is 13.2 Å². The van der Waals surface area contributed by atoms with E-state index in [4.69, 9.17) is 0 Å². The summed E-state index contributed by atoms with van der Waals surface area (Å²) in [5.74, 6) is 0. The second-order valence-corrected chi connectivity index (χ2v) is 2.87. The van der Waals surface area contributed by atoms with Gasteiger partial charge >= 0.3 is 6.18 Å². The average molecular weight is 180 g/mol. The second kappa shape index (κ2) is 6.09. The van der Waals surface area contributed by atoms with Crippen molar-refractivity contribution in [3.8, 4) is 0 Å². The van der Waals surface area contributed by atoms with Crippen LogP contribution in [0.1, 0.15) is 38.5 Å². The maximum Gasteiger partial charge on any atom is 0.409 e. The Labute approximate surface area is 71.5 Å². The summed E-state index contributed by atoms with van der Waals surface area (Å²) in [6, 6.07) is 0. The summed E-state index contributed by atoms with van der Waals surface area (Å²) >= 11 is 0. The molecule has 0 aliphatic heterocycles. The fraction of sp³-hybridized carbons (Fsp3) is 0.778. The van der Waals surface area contributed by atoms with Gasteiger partial charge in [0, 0.05) is 6.08 Å². The topological polar surface area (TPSA) is 0 Å². The van der Waals surface area contributed by atoms with E-state index in [0.717, 1.165) is 0 Å². The molecule has 1 saturated carbocycles. The Morgan fingerprint density at radius 3 is 1.08 bits per heavy atom. The monoisotopic (exact) mass is 180 g/mol. The van der Waals surface area contributed by atoms with Crippen LogP contribution in [0.25, 0.3) is 0 Å². The highest BCUT2D eigenvalue weighted by atomic mass is 19.4. The van der Waals surface area contributed by atoms with Crippen LogP contribution in [0, 0.1) is 0 Å². The lowest BCUT2D eigenvalue weighted by Gasteiger charge is -2.05. The molecule has 0 amide bonds. The molecular weight excluding hydrogens is 165 g/mol. The Morgan fingerprint density at radius 2 is 1.00 bits per heavy atom. The molecule has 72 valence electrons. The maximum absolute atomic E-state index is 10.7. The van der Waals surface area contributed by atoms with Gasteiger partial charge in [0.05, 0.1) is 0 Å².